The minimum Gasteiger partial charge on any atom is -0.462 e. The van der Waals surface area contributed by atoms with Crippen LogP contribution in [0, 0.1) is 11.8 Å². The Kier molecular flexibility index (Phi) is 9.76. The summed E-state index contributed by atoms with van der Waals surface area (Å²) in [5, 5.41) is 0. The lowest BCUT2D eigenvalue weighted by Gasteiger charge is -2.24. The van der Waals surface area contributed by atoms with E-state index in [2.05, 4.69) is 13.8 Å². The first-order chi connectivity index (χ1) is 16.8. The lowest BCUT2D eigenvalue weighted by atomic mass is 9.83. The van der Waals surface area contributed by atoms with Gasteiger partial charge in [0.2, 0.25) is 0 Å². The van der Waals surface area contributed by atoms with Gasteiger partial charge in [0.15, 0.2) is 0 Å². The number of hydrogen-bond acceptors (Lipinski definition) is 6. The van der Waals surface area contributed by atoms with E-state index < -0.39 is 5.97 Å². The number of esters is 2. The van der Waals surface area contributed by atoms with E-state index >= 15 is 0 Å². The SMILES string of the molecule is CCCCC(COC(=O)C=Cc1ccc(OC(=O)C2CCC(C)CC2)cc1)c1cc(N)cc(N)c1. The summed E-state index contributed by atoms with van der Waals surface area (Å²) in [6.45, 7) is 4.62. The normalized spacial score (nSPS) is 18.8. The molecule has 0 aromatic heterocycles. The zero-order valence-corrected chi connectivity index (χ0v) is 20.9. The van der Waals surface area contributed by atoms with Gasteiger partial charge in [0, 0.05) is 23.4 Å². The van der Waals surface area contributed by atoms with Gasteiger partial charge < -0.3 is 20.9 Å². The van der Waals surface area contributed by atoms with Crippen LogP contribution in [0.15, 0.2) is 48.5 Å². The maximum atomic E-state index is 12.4. The number of unbranched alkanes of at least 4 members (excludes halogenated alkanes) is 1. The fraction of sp³-hybridized carbons (Fsp3) is 0.448. The first-order valence-corrected chi connectivity index (χ1v) is 12.7. The van der Waals surface area contributed by atoms with E-state index in [1.807, 2.05) is 24.3 Å². The van der Waals surface area contributed by atoms with Crippen molar-refractivity contribution in [1.82, 2.24) is 0 Å². The zero-order valence-electron chi connectivity index (χ0n) is 20.9. The summed E-state index contributed by atoms with van der Waals surface area (Å²) < 4.78 is 11.1. The Hall–Kier alpha value is -3.28. The monoisotopic (exact) mass is 478 g/mol. The highest BCUT2D eigenvalue weighted by Gasteiger charge is 2.25. The Morgan fingerprint density at radius 1 is 1.03 bits per heavy atom. The Balaban J connectivity index is 1.51. The third kappa shape index (κ3) is 8.46. The number of carbonyl (C=O) groups excluding carboxylic acids is 2. The lowest BCUT2D eigenvalue weighted by Crippen LogP contribution is -2.24. The van der Waals surface area contributed by atoms with Crippen molar-refractivity contribution >= 4 is 29.4 Å². The molecule has 6 heteroatoms. The molecule has 1 atom stereocenters. The van der Waals surface area contributed by atoms with Crippen molar-refractivity contribution in [2.24, 2.45) is 11.8 Å². The number of nitrogens with two attached hydrogens (primary N) is 2. The average Bonchev–Trinajstić information content (AvgIpc) is 2.83. The molecule has 0 bridgehead atoms. The van der Waals surface area contributed by atoms with Crippen molar-refractivity contribution in [2.75, 3.05) is 18.1 Å². The molecule has 1 saturated carbocycles. The molecule has 2 aromatic rings. The summed E-state index contributed by atoms with van der Waals surface area (Å²) in [6.07, 6.45) is 10.00. The molecule has 4 N–H and O–H groups in total. The number of rotatable bonds is 10. The smallest absolute Gasteiger partial charge is 0.330 e. The van der Waals surface area contributed by atoms with Crippen LogP contribution in [-0.2, 0) is 14.3 Å². The van der Waals surface area contributed by atoms with Crippen LogP contribution < -0.4 is 16.2 Å². The van der Waals surface area contributed by atoms with Crippen LogP contribution in [0.2, 0.25) is 0 Å². The van der Waals surface area contributed by atoms with Crippen LogP contribution in [0.4, 0.5) is 11.4 Å². The van der Waals surface area contributed by atoms with Crippen LogP contribution in [-0.4, -0.2) is 18.5 Å². The van der Waals surface area contributed by atoms with E-state index in [1.54, 1.807) is 24.3 Å². The van der Waals surface area contributed by atoms with Gasteiger partial charge in [-0.25, -0.2) is 4.79 Å². The molecule has 1 unspecified atom stereocenters. The number of carbonyl (C=O) groups is 2. The molecule has 1 aliphatic carbocycles. The first-order valence-electron chi connectivity index (χ1n) is 12.7. The molecule has 1 fully saturated rings. The summed E-state index contributed by atoms with van der Waals surface area (Å²) in [5.74, 6) is 0.683. The fourth-order valence-electron chi connectivity index (χ4n) is 4.47. The molecular weight excluding hydrogens is 440 g/mol. The largest absolute Gasteiger partial charge is 0.462 e. The number of nitrogen functional groups attached to an aromatic ring is 2. The van der Waals surface area contributed by atoms with Crippen molar-refractivity contribution in [3.05, 3.63) is 59.7 Å². The third-order valence-electron chi connectivity index (χ3n) is 6.66. The summed E-state index contributed by atoms with van der Waals surface area (Å²) in [4.78, 5) is 24.7. The second-order valence-corrected chi connectivity index (χ2v) is 9.68. The second-order valence-electron chi connectivity index (χ2n) is 9.68. The van der Waals surface area contributed by atoms with Crippen LogP contribution >= 0.6 is 0 Å². The molecule has 0 amide bonds. The summed E-state index contributed by atoms with van der Waals surface area (Å²) in [7, 11) is 0. The van der Waals surface area contributed by atoms with Gasteiger partial charge in [-0.15, -0.1) is 0 Å². The van der Waals surface area contributed by atoms with E-state index in [4.69, 9.17) is 20.9 Å². The fourth-order valence-corrected chi connectivity index (χ4v) is 4.47. The van der Waals surface area contributed by atoms with Gasteiger partial charge in [0.25, 0.3) is 0 Å². The standard InChI is InChI=1S/C29H38N2O4/c1-3-4-5-23(24-16-25(30)18-26(31)17-24)19-34-28(32)15-10-21-8-13-27(14-9-21)35-29(33)22-11-6-20(2)7-12-22/h8-10,13-18,20,22-23H,3-7,11-12,19,30-31H2,1-2H3. The lowest BCUT2D eigenvalue weighted by molar-refractivity contribution is -0.140. The molecule has 0 heterocycles. The number of benzene rings is 2. The Labute approximate surface area is 208 Å². The summed E-state index contributed by atoms with van der Waals surface area (Å²) in [5.41, 5.74) is 14.9. The van der Waals surface area contributed by atoms with E-state index in [9.17, 15) is 9.59 Å². The van der Waals surface area contributed by atoms with Crippen LogP contribution in [0.5, 0.6) is 5.75 Å². The predicted molar refractivity (Wildman–Crippen MR) is 141 cm³/mol. The highest BCUT2D eigenvalue weighted by molar-refractivity contribution is 5.87. The number of ether oxygens (including phenoxy) is 2. The van der Waals surface area contributed by atoms with E-state index in [1.165, 1.54) is 6.08 Å². The highest BCUT2D eigenvalue weighted by Crippen LogP contribution is 2.30. The third-order valence-corrected chi connectivity index (χ3v) is 6.66. The van der Waals surface area contributed by atoms with E-state index in [-0.39, 0.29) is 24.4 Å². The van der Waals surface area contributed by atoms with Crippen LogP contribution in [0.25, 0.3) is 6.08 Å². The van der Waals surface area contributed by atoms with Gasteiger partial charge in [-0.2, -0.15) is 0 Å². The molecule has 6 nitrogen and oxygen atoms in total. The van der Waals surface area contributed by atoms with Crippen molar-refractivity contribution < 1.29 is 19.1 Å². The summed E-state index contributed by atoms with van der Waals surface area (Å²) >= 11 is 0. The maximum absolute atomic E-state index is 12.4. The maximum Gasteiger partial charge on any atom is 0.330 e. The molecule has 35 heavy (non-hydrogen) atoms. The van der Waals surface area contributed by atoms with Crippen molar-refractivity contribution in [3.63, 3.8) is 0 Å². The van der Waals surface area contributed by atoms with E-state index in [0.29, 0.717) is 23.0 Å². The Morgan fingerprint density at radius 2 is 1.69 bits per heavy atom. The molecule has 2 aromatic carbocycles. The molecule has 3 rings (SSSR count). The van der Waals surface area contributed by atoms with Crippen LogP contribution in [0.1, 0.15) is 75.8 Å². The van der Waals surface area contributed by atoms with Crippen molar-refractivity contribution in [3.8, 4) is 5.75 Å². The molecule has 0 spiro atoms. The molecule has 0 radical (unpaired) electrons. The van der Waals surface area contributed by atoms with Gasteiger partial charge >= 0.3 is 11.9 Å². The van der Waals surface area contributed by atoms with Gasteiger partial charge in [0.05, 0.1) is 12.5 Å². The molecule has 1 aliphatic rings. The first kappa shape index (κ1) is 26.3. The predicted octanol–water partition coefficient (Wildman–Crippen LogP) is 6.11. The van der Waals surface area contributed by atoms with Gasteiger partial charge in [0.1, 0.15) is 5.75 Å². The minimum atomic E-state index is -0.412. The second kappa shape index (κ2) is 13.0. The zero-order chi connectivity index (χ0) is 25.2. The number of anilines is 2. The van der Waals surface area contributed by atoms with Crippen molar-refractivity contribution in [2.45, 2.75) is 64.7 Å². The highest BCUT2D eigenvalue weighted by atomic mass is 16.5. The average molecular weight is 479 g/mol. The van der Waals surface area contributed by atoms with Crippen molar-refractivity contribution in [1.29, 1.82) is 0 Å². The van der Waals surface area contributed by atoms with Gasteiger partial charge in [-0.3, -0.25) is 4.79 Å². The number of hydrogen-bond donors (Lipinski definition) is 2. The Morgan fingerprint density at radius 3 is 2.31 bits per heavy atom. The molecule has 0 aliphatic heterocycles. The van der Waals surface area contributed by atoms with Gasteiger partial charge in [-0.1, -0.05) is 38.8 Å². The van der Waals surface area contributed by atoms with E-state index in [0.717, 1.165) is 56.1 Å². The topological polar surface area (TPSA) is 105 Å². The van der Waals surface area contributed by atoms with Crippen LogP contribution in [0.3, 0.4) is 0 Å². The minimum absolute atomic E-state index is 0.00883. The Bertz CT molecular complexity index is 988. The summed E-state index contributed by atoms with van der Waals surface area (Å²) in [6, 6.07) is 12.6. The molecule has 188 valence electrons. The quantitative estimate of drug-likeness (QED) is 0.185. The van der Waals surface area contributed by atoms with Gasteiger partial charge in [-0.05, 0) is 85.6 Å². The molecule has 0 saturated heterocycles. The molecular formula is C29H38N2O4.